The van der Waals surface area contributed by atoms with Crippen LogP contribution in [0.2, 0.25) is 0 Å². The molecule has 0 atom stereocenters. The Hall–Kier alpha value is -2.86. The molecule has 28 heavy (non-hydrogen) atoms. The Morgan fingerprint density at radius 1 is 1.11 bits per heavy atom. The molecule has 0 aliphatic carbocycles. The number of piperidine rings is 1. The van der Waals surface area contributed by atoms with Crippen LogP contribution in [0, 0.1) is 6.92 Å². The molecule has 2 amide bonds. The van der Waals surface area contributed by atoms with Crippen molar-refractivity contribution in [3.8, 4) is 11.1 Å². The number of benzene rings is 2. The molecule has 1 fully saturated rings. The molecule has 1 aliphatic heterocycles. The van der Waals surface area contributed by atoms with Gasteiger partial charge in [0, 0.05) is 18.5 Å². The Labute approximate surface area is 165 Å². The van der Waals surface area contributed by atoms with Crippen LogP contribution in [0.25, 0.3) is 22.0 Å². The number of nitrogens with one attached hydrogen (secondary N) is 3. The number of carbonyl (C=O) groups is 1. The van der Waals surface area contributed by atoms with E-state index in [1.165, 1.54) is 30.4 Å². The third kappa shape index (κ3) is 4.34. The van der Waals surface area contributed by atoms with Crippen molar-refractivity contribution in [3.63, 3.8) is 0 Å². The van der Waals surface area contributed by atoms with E-state index < -0.39 is 0 Å². The highest BCUT2D eigenvalue weighted by Crippen LogP contribution is 2.27. The average Bonchev–Trinajstić information content (AvgIpc) is 3.11. The highest BCUT2D eigenvalue weighted by molar-refractivity contribution is 6.00. The Morgan fingerprint density at radius 2 is 1.93 bits per heavy atom. The van der Waals surface area contributed by atoms with E-state index in [9.17, 15) is 4.79 Å². The number of hydrogen-bond donors (Lipinski definition) is 3. The first-order valence-electron chi connectivity index (χ1n) is 10.0. The lowest BCUT2D eigenvalue weighted by molar-refractivity contribution is 0.224. The molecule has 3 N–H and O–H groups in total. The monoisotopic (exact) mass is 377 g/mol. The van der Waals surface area contributed by atoms with Crippen LogP contribution < -0.4 is 10.6 Å². The number of aromatic nitrogens is 2. The van der Waals surface area contributed by atoms with Crippen molar-refractivity contribution in [1.82, 2.24) is 20.4 Å². The minimum Gasteiger partial charge on any atom is -0.337 e. The highest BCUT2D eigenvalue weighted by atomic mass is 16.2. The van der Waals surface area contributed by atoms with Crippen molar-refractivity contribution in [1.29, 1.82) is 0 Å². The smallest absolute Gasteiger partial charge is 0.320 e. The summed E-state index contributed by atoms with van der Waals surface area (Å²) in [6.07, 6.45) is 3.84. The largest absolute Gasteiger partial charge is 0.337 e. The number of aromatic amines is 1. The van der Waals surface area contributed by atoms with Gasteiger partial charge in [0.1, 0.15) is 0 Å². The van der Waals surface area contributed by atoms with E-state index >= 15 is 0 Å². The summed E-state index contributed by atoms with van der Waals surface area (Å²) in [5, 5.41) is 14.0. The van der Waals surface area contributed by atoms with Crippen LogP contribution >= 0.6 is 0 Å². The first-order chi connectivity index (χ1) is 13.7. The molecule has 0 unspecified atom stereocenters. The average molecular weight is 377 g/mol. The molecule has 146 valence electrons. The predicted molar refractivity (Wildman–Crippen MR) is 114 cm³/mol. The lowest BCUT2D eigenvalue weighted by Gasteiger charge is -2.26. The second kappa shape index (κ2) is 8.44. The maximum absolute atomic E-state index is 12.2. The Kier molecular flexibility index (Phi) is 5.58. The lowest BCUT2D eigenvalue weighted by atomic mass is 10.0. The van der Waals surface area contributed by atoms with Crippen molar-refractivity contribution >= 4 is 22.8 Å². The number of H-pyrrole nitrogens is 1. The third-order valence-electron chi connectivity index (χ3n) is 5.31. The lowest BCUT2D eigenvalue weighted by Crippen LogP contribution is -2.39. The Morgan fingerprint density at radius 3 is 2.75 bits per heavy atom. The summed E-state index contributed by atoms with van der Waals surface area (Å²) >= 11 is 0. The molecule has 1 aliphatic rings. The second-order valence-electron chi connectivity index (χ2n) is 7.49. The summed E-state index contributed by atoms with van der Waals surface area (Å²) in [6, 6.07) is 14.3. The maximum Gasteiger partial charge on any atom is 0.320 e. The van der Waals surface area contributed by atoms with Gasteiger partial charge in [0.25, 0.3) is 0 Å². The number of amides is 2. The van der Waals surface area contributed by atoms with E-state index in [0.29, 0.717) is 12.4 Å². The summed E-state index contributed by atoms with van der Waals surface area (Å²) in [4.78, 5) is 14.6. The van der Waals surface area contributed by atoms with Gasteiger partial charge in [-0.2, -0.15) is 5.10 Å². The molecule has 1 aromatic heterocycles. The molecule has 6 nitrogen and oxygen atoms in total. The molecule has 0 saturated carbocycles. The topological polar surface area (TPSA) is 73.1 Å². The van der Waals surface area contributed by atoms with E-state index in [0.717, 1.165) is 36.1 Å². The number of likely N-dealkylation sites (tertiary alicyclic amines) is 1. The van der Waals surface area contributed by atoms with Gasteiger partial charge < -0.3 is 10.2 Å². The predicted octanol–water partition coefficient (Wildman–Crippen LogP) is 4.15. The molecular weight excluding hydrogens is 350 g/mol. The number of fused-ring (bicyclic) bond motifs is 1. The minimum absolute atomic E-state index is 0.215. The Bertz CT molecular complexity index is 958. The fourth-order valence-electron chi connectivity index (χ4n) is 3.78. The van der Waals surface area contributed by atoms with Gasteiger partial charge in [-0.05, 0) is 56.1 Å². The molecule has 2 aromatic carbocycles. The van der Waals surface area contributed by atoms with Crippen LogP contribution in [0.15, 0.2) is 42.5 Å². The van der Waals surface area contributed by atoms with Gasteiger partial charge in [0.15, 0.2) is 5.82 Å². The van der Waals surface area contributed by atoms with Crippen LogP contribution in [-0.2, 0) is 0 Å². The molecule has 6 heteroatoms. The van der Waals surface area contributed by atoms with Crippen LogP contribution in [0.5, 0.6) is 0 Å². The number of rotatable bonds is 5. The van der Waals surface area contributed by atoms with E-state index in [-0.39, 0.29) is 6.03 Å². The van der Waals surface area contributed by atoms with Gasteiger partial charge >= 0.3 is 6.03 Å². The van der Waals surface area contributed by atoms with Gasteiger partial charge in [-0.25, -0.2) is 4.79 Å². The van der Waals surface area contributed by atoms with Crippen LogP contribution in [0.3, 0.4) is 0 Å². The fourth-order valence-corrected chi connectivity index (χ4v) is 3.78. The molecule has 2 heterocycles. The third-order valence-corrected chi connectivity index (χ3v) is 5.31. The molecule has 3 aromatic rings. The standard InChI is InChI=1S/C22H27N5O/c1-16-6-5-7-17(14-16)18-8-9-19-20(15-18)25-26-21(19)24-22(28)23-10-13-27-11-3-2-4-12-27/h5-9,14-15H,2-4,10-13H2,1H3,(H3,23,24,25,26,28). The molecule has 4 rings (SSSR count). The first-order valence-corrected chi connectivity index (χ1v) is 10.0. The minimum atomic E-state index is -0.215. The molecule has 1 saturated heterocycles. The highest BCUT2D eigenvalue weighted by Gasteiger charge is 2.12. The van der Waals surface area contributed by atoms with Gasteiger partial charge in [0.2, 0.25) is 0 Å². The van der Waals surface area contributed by atoms with Crippen molar-refractivity contribution in [2.45, 2.75) is 26.2 Å². The van der Waals surface area contributed by atoms with E-state index in [1.807, 2.05) is 6.07 Å². The van der Waals surface area contributed by atoms with Crippen molar-refractivity contribution < 1.29 is 4.79 Å². The zero-order valence-electron chi connectivity index (χ0n) is 16.3. The normalized spacial score (nSPS) is 14.9. The van der Waals surface area contributed by atoms with E-state index in [4.69, 9.17) is 0 Å². The zero-order valence-corrected chi connectivity index (χ0v) is 16.3. The number of anilines is 1. The second-order valence-corrected chi connectivity index (χ2v) is 7.49. The number of nitrogens with zero attached hydrogens (tertiary/aromatic N) is 2. The SMILES string of the molecule is Cc1cccc(-c2ccc3c(NC(=O)NCCN4CCCCC4)n[nH]c3c2)c1. The van der Waals surface area contributed by atoms with Gasteiger partial charge in [0.05, 0.1) is 5.52 Å². The Balaban J connectivity index is 1.38. The van der Waals surface area contributed by atoms with Gasteiger partial charge in [-0.3, -0.25) is 10.4 Å². The van der Waals surface area contributed by atoms with Crippen LogP contribution in [0.1, 0.15) is 24.8 Å². The van der Waals surface area contributed by atoms with Gasteiger partial charge in [-0.1, -0.05) is 42.3 Å². The maximum atomic E-state index is 12.2. The van der Waals surface area contributed by atoms with Crippen molar-refractivity contribution in [3.05, 3.63) is 48.0 Å². The summed E-state index contributed by atoms with van der Waals surface area (Å²) in [5.41, 5.74) is 4.42. The summed E-state index contributed by atoms with van der Waals surface area (Å²) in [5.74, 6) is 0.557. The van der Waals surface area contributed by atoms with E-state index in [1.54, 1.807) is 0 Å². The quantitative estimate of drug-likeness (QED) is 0.625. The number of hydrogen-bond acceptors (Lipinski definition) is 3. The molecule has 0 bridgehead atoms. The van der Waals surface area contributed by atoms with Crippen LogP contribution in [-0.4, -0.2) is 47.3 Å². The zero-order chi connectivity index (χ0) is 19.3. The van der Waals surface area contributed by atoms with Crippen LogP contribution in [0.4, 0.5) is 10.6 Å². The number of carbonyl (C=O) groups excluding carboxylic acids is 1. The molecule has 0 spiro atoms. The summed E-state index contributed by atoms with van der Waals surface area (Å²) < 4.78 is 0. The summed E-state index contributed by atoms with van der Waals surface area (Å²) in [7, 11) is 0. The summed E-state index contributed by atoms with van der Waals surface area (Å²) in [6.45, 7) is 5.90. The number of urea groups is 1. The fraction of sp³-hybridized carbons (Fsp3) is 0.364. The van der Waals surface area contributed by atoms with E-state index in [2.05, 4.69) is 69.1 Å². The number of aryl methyl sites for hydroxylation is 1. The van der Waals surface area contributed by atoms with Crippen molar-refractivity contribution in [2.24, 2.45) is 0 Å². The molecule has 0 radical (unpaired) electrons. The molecular formula is C22H27N5O. The van der Waals surface area contributed by atoms with Crippen molar-refractivity contribution in [2.75, 3.05) is 31.5 Å². The first kappa shape index (κ1) is 18.5. The van der Waals surface area contributed by atoms with Gasteiger partial charge in [-0.15, -0.1) is 0 Å².